The van der Waals surface area contributed by atoms with Crippen molar-refractivity contribution >= 4 is 34.9 Å². The second-order valence-electron chi connectivity index (χ2n) is 7.58. The number of aryl methyl sites for hydroxylation is 1. The molecule has 0 fully saturated rings. The second-order valence-corrected chi connectivity index (χ2v) is 7.98. The van der Waals surface area contributed by atoms with Gasteiger partial charge < -0.3 is 10.2 Å². The number of anilines is 2. The van der Waals surface area contributed by atoms with Crippen LogP contribution in [0, 0.1) is 6.92 Å². The fourth-order valence-electron chi connectivity index (χ4n) is 4.59. The molecule has 3 aromatic rings. The van der Waals surface area contributed by atoms with E-state index in [2.05, 4.69) is 17.0 Å². The molecule has 0 saturated carbocycles. The van der Waals surface area contributed by atoms with E-state index < -0.39 is 5.41 Å². The van der Waals surface area contributed by atoms with E-state index in [1.165, 1.54) is 0 Å². The Morgan fingerprint density at radius 3 is 2.77 bits per heavy atom. The highest BCUT2D eigenvalue weighted by Gasteiger charge is 2.57. The van der Waals surface area contributed by atoms with Crippen LogP contribution in [-0.4, -0.2) is 28.1 Å². The van der Waals surface area contributed by atoms with Gasteiger partial charge in [-0.05, 0) is 30.2 Å². The van der Waals surface area contributed by atoms with Gasteiger partial charge in [-0.25, -0.2) is 4.68 Å². The molecule has 0 saturated heterocycles. The van der Waals surface area contributed by atoms with Gasteiger partial charge in [-0.15, -0.1) is 6.58 Å². The van der Waals surface area contributed by atoms with Crippen molar-refractivity contribution in [1.82, 2.24) is 9.78 Å². The Labute approximate surface area is 178 Å². The van der Waals surface area contributed by atoms with Gasteiger partial charge >= 0.3 is 0 Å². The van der Waals surface area contributed by atoms with Crippen LogP contribution in [0.2, 0.25) is 5.02 Å². The lowest BCUT2D eigenvalue weighted by atomic mass is 9.72. The summed E-state index contributed by atoms with van der Waals surface area (Å²) in [5.74, 6) is 0.0868. The molecule has 30 heavy (non-hydrogen) atoms. The normalized spacial score (nSPS) is 19.6. The van der Waals surface area contributed by atoms with Crippen molar-refractivity contribution in [2.24, 2.45) is 0 Å². The van der Waals surface area contributed by atoms with Gasteiger partial charge in [0.25, 0.3) is 0 Å². The molecule has 2 aliphatic rings. The van der Waals surface area contributed by atoms with Crippen LogP contribution in [0.15, 0.2) is 61.3 Å². The Bertz CT molecular complexity index is 1230. The lowest BCUT2D eigenvalue weighted by Gasteiger charge is -2.32. The summed E-state index contributed by atoms with van der Waals surface area (Å²) in [5.41, 5.74) is 2.71. The number of halogens is 1. The van der Waals surface area contributed by atoms with Crippen molar-refractivity contribution in [3.63, 3.8) is 0 Å². The van der Waals surface area contributed by atoms with Crippen molar-refractivity contribution in [2.75, 3.05) is 16.8 Å². The zero-order chi connectivity index (χ0) is 21.0. The minimum atomic E-state index is -1.16. The van der Waals surface area contributed by atoms with E-state index in [4.69, 9.17) is 11.6 Å². The minimum absolute atomic E-state index is 0.000711. The number of para-hydroxylation sites is 2. The number of fused-ring (bicyclic) bond motifs is 4. The predicted molar refractivity (Wildman–Crippen MR) is 116 cm³/mol. The quantitative estimate of drug-likeness (QED) is 0.654. The van der Waals surface area contributed by atoms with Crippen molar-refractivity contribution in [1.29, 1.82) is 0 Å². The zero-order valence-corrected chi connectivity index (χ0v) is 17.1. The molecule has 1 atom stereocenters. The monoisotopic (exact) mass is 418 g/mol. The number of aromatic nitrogens is 2. The molecule has 150 valence electrons. The second kappa shape index (κ2) is 6.57. The van der Waals surface area contributed by atoms with E-state index in [-0.39, 0.29) is 18.2 Å². The van der Waals surface area contributed by atoms with Gasteiger partial charge in [0, 0.05) is 18.5 Å². The third kappa shape index (κ3) is 2.34. The number of amides is 2. The molecule has 1 spiro atoms. The van der Waals surface area contributed by atoms with Gasteiger partial charge in [0.15, 0.2) is 0 Å². The maximum absolute atomic E-state index is 13.8. The SMILES string of the molecule is C=CCN1C(=O)[C@]2(CC(=O)Nc3c2cnn3-c2ccccc2C)c2cccc(Cl)c21. The number of hydrogen-bond acceptors (Lipinski definition) is 3. The lowest BCUT2D eigenvalue weighted by molar-refractivity contribution is -0.126. The van der Waals surface area contributed by atoms with Gasteiger partial charge in [0.05, 0.1) is 22.6 Å². The fraction of sp³-hybridized carbons (Fsp3) is 0.174. The molecule has 0 bridgehead atoms. The van der Waals surface area contributed by atoms with Crippen LogP contribution in [0.3, 0.4) is 0 Å². The molecule has 7 heteroatoms. The number of rotatable bonds is 3. The van der Waals surface area contributed by atoms with E-state index in [0.29, 0.717) is 28.6 Å². The van der Waals surface area contributed by atoms with Gasteiger partial charge in [-0.3, -0.25) is 9.59 Å². The molecule has 2 amide bonds. The van der Waals surface area contributed by atoms with Gasteiger partial charge in [-0.1, -0.05) is 48.0 Å². The number of benzene rings is 2. The maximum atomic E-state index is 13.8. The highest BCUT2D eigenvalue weighted by Crippen LogP contribution is 2.54. The number of carbonyl (C=O) groups excluding carboxylic acids is 2. The molecule has 0 unspecified atom stereocenters. The van der Waals surface area contributed by atoms with Gasteiger partial charge in [-0.2, -0.15) is 5.10 Å². The lowest BCUT2D eigenvalue weighted by Crippen LogP contribution is -2.46. The van der Waals surface area contributed by atoms with Crippen LogP contribution in [0.4, 0.5) is 11.5 Å². The van der Waals surface area contributed by atoms with E-state index in [1.54, 1.807) is 27.9 Å². The molecule has 2 aromatic carbocycles. The Morgan fingerprint density at radius 1 is 1.20 bits per heavy atom. The molecular formula is C23H19ClN4O2. The topological polar surface area (TPSA) is 67.2 Å². The average molecular weight is 419 g/mol. The molecule has 1 N–H and O–H groups in total. The Balaban J connectivity index is 1.80. The third-order valence-corrected chi connectivity index (χ3v) is 6.20. The molecular weight excluding hydrogens is 400 g/mol. The van der Waals surface area contributed by atoms with Gasteiger partial charge in [0.1, 0.15) is 11.2 Å². The van der Waals surface area contributed by atoms with Crippen molar-refractivity contribution in [3.05, 3.63) is 83.0 Å². The number of nitrogens with one attached hydrogen (secondary N) is 1. The largest absolute Gasteiger partial charge is 0.310 e. The van der Waals surface area contributed by atoms with Crippen LogP contribution < -0.4 is 10.2 Å². The Morgan fingerprint density at radius 2 is 2.00 bits per heavy atom. The van der Waals surface area contributed by atoms with Gasteiger partial charge in [0.2, 0.25) is 11.8 Å². The first kappa shape index (κ1) is 18.6. The summed E-state index contributed by atoms with van der Waals surface area (Å²) < 4.78 is 1.69. The minimum Gasteiger partial charge on any atom is -0.310 e. The highest BCUT2D eigenvalue weighted by atomic mass is 35.5. The molecule has 5 rings (SSSR count). The maximum Gasteiger partial charge on any atom is 0.243 e. The molecule has 0 radical (unpaired) electrons. The third-order valence-electron chi connectivity index (χ3n) is 5.89. The van der Waals surface area contributed by atoms with Crippen LogP contribution >= 0.6 is 11.6 Å². The predicted octanol–water partition coefficient (Wildman–Crippen LogP) is 4.00. The first-order valence-electron chi connectivity index (χ1n) is 9.65. The van der Waals surface area contributed by atoms with Crippen molar-refractivity contribution < 1.29 is 9.59 Å². The standard InChI is InChI=1S/C23H19ClN4O2/c1-3-11-27-20-15(8-6-9-17(20)24)23(22(27)30)12-19(29)26-21-16(23)13-25-28(21)18-10-5-4-7-14(18)2/h3-10,13H,1,11-12H2,2H3,(H,26,29)/t23-/m1/s1. The summed E-state index contributed by atoms with van der Waals surface area (Å²) in [5, 5.41) is 7.97. The zero-order valence-electron chi connectivity index (χ0n) is 16.4. The Hall–Kier alpha value is -3.38. The van der Waals surface area contributed by atoms with Crippen molar-refractivity contribution in [2.45, 2.75) is 18.8 Å². The summed E-state index contributed by atoms with van der Waals surface area (Å²) in [7, 11) is 0. The van der Waals surface area contributed by atoms with Crippen LogP contribution in [0.25, 0.3) is 5.69 Å². The molecule has 1 aromatic heterocycles. The summed E-state index contributed by atoms with van der Waals surface area (Å²) >= 11 is 6.50. The molecule has 6 nitrogen and oxygen atoms in total. The van der Waals surface area contributed by atoms with E-state index in [9.17, 15) is 9.59 Å². The molecule has 2 aliphatic heterocycles. The van der Waals surface area contributed by atoms with Crippen molar-refractivity contribution in [3.8, 4) is 5.69 Å². The Kier molecular flexibility index (Phi) is 4.08. The smallest absolute Gasteiger partial charge is 0.243 e. The fourth-order valence-corrected chi connectivity index (χ4v) is 4.87. The summed E-state index contributed by atoms with van der Waals surface area (Å²) in [6.45, 7) is 6.06. The molecule has 3 heterocycles. The number of hydrogen-bond donors (Lipinski definition) is 1. The van der Waals surface area contributed by atoms with Crippen LogP contribution in [0.5, 0.6) is 0 Å². The summed E-state index contributed by atoms with van der Waals surface area (Å²) in [6, 6.07) is 13.2. The van der Waals surface area contributed by atoms with Crippen LogP contribution in [-0.2, 0) is 15.0 Å². The first-order valence-corrected chi connectivity index (χ1v) is 10.0. The molecule has 0 aliphatic carbocycles. The number of carbonyl (C=O) groups is 2. The summed E-state index contributed by atoms with van der Waals surface area (Å²) in [4.78, 5) is 28.3. The van der Waals surface area contributed by atoms with E-state index in [1.807, 2.05) is 43.3 Å². The van der Waals surface area contributed by atoms with Crippen LogP contribution in [0.1, 0.15) is 23.1 Å². The van der Waals surface area contributed by atoms with E-state index in [0.717, 1.165) is 16.8 Å². The highest BCUT2D eigenvalue weighted by molar-refractivity contribution is 6.35. The average Bonchev–Trinajstić information content (AvgIpc) is 3.24. The number of nitrogens with zero attached hydrogens (tertiary/aromatic N) is 3. The first-order chi connectivity index (χ1) is 14.5. The van der Waals surface area contributed by atoms with E-state index >= 15 is 0 Å². The summed E-state index contributed by atoms with van der Waals surface area (Å²) in [6.07, 6.45) is 3.34.